The van der Waals surface area contributed by atoms with Crippen LogP contribution in [-0.4, -0.2) is 6.10 Å². The second-order valence-electron chi connectivity index (χ2n) is 2.26. The lowest BCUT2D eigenvalue weighted by atomic mass is 10.4. The summed E-state index contributed by atoms with van der Waals surface area (Å²) in [5, 5.41) is 0.726. The molecule has 0 atom stereocenters. The van der Waals surface area contributed by atoms with Crippen molar-refractivity contribution in [3.05, 3.63) is 10.8 Å². The molecule has 0 aromatic rings. The molecule has 0 saturated carbocycles. The molecule has 0 amide bonds. The third-order valence-corrected chi connectivity index (χ3v) is 1.16. The molecule has 0 N–H and O–H groups in total. The van der Waals surface area contributed by atoms with Gasteiger partial charge in [-0.2, -0.15) is 0 Å². The van der Waals surface area contributed by atoms with Crippen LogP contribution in [0.1, 0.15) is 27.7 Å². The molecule has 0 fully saturated rings. The van der Waals surface area contributed by atoms with Crippen molar-refractivity contribution in [2.75, 3.05) is 0 Å². The van der Waals surface area contributed by atoms with Gasteiger partial charge in [0, 0.05) is 0 Å². The van der Waals surface area contributed by atoms with Crippen molar-refractivity contribution in [1.29, 1.82) is 0 Å². The van der Waals surface area contributed by atoms with Gasteiger partial charge < -0.3 is 4.74 Å². The standard InChI is InChI=1S/C7H13ClO/c1-5(2)9-7(4)6(3)8/h5H,1-4H3. The molecule has 0 saturated heterocycles. The summed E-state index contributed by atoms with van der Waals surface area (Å²) in [4.78, 5) is 0. The molecule has 0 aromatic carbocycles. The van der Waals surface area contributed by atoms with Crippen molar-refractivity contribution >= 4 is 11.6 Å². The molecule has 1 nitrogen and oxygen atoms in total. The van der Waals surface area contributed by atoms with Crippen molar-refractivity contribution in [2.45, 2.75) is 33.8 Å². The fourth-order valence-electron chi connectivity index (χ4n) is 0.435. The van der Waals surface area contributed by atoms with E-state index >= 15 is 0 Å². The minimum Gasteiger partial charge on any atom is -0.494 e. The summed E-state index contributed by atoms with van der Waals surface area (Å²) in [5.41, 5.74) is 0. The van der Waals surface area contributed by atoms with Gasteiger partial charge in [0.1, 0.15) is 5.76 Å². The molecule has 2 heteroatoms. The second kappa shape index (κ2) is 3.78. The zero-order chi connectivity index (χ0) is 7.44. The summed E-state index contributed by atoms with van der Waals surface area (Å²) in [7, 11) is 0. The zero-order valence-electron chi connectivity index (χ0n) is 6.36. The average molecular weight is 149 g/mol. The molecule has 0 spiro atoms. The first-order valence-electron chi connectivity index (χ1n) is 3.03. The van der Waals surface area contributed by atoms with Gasteiger partial charge in [-0.25, -0.2) is 0 Å². The maximum atomic E-state index is 5.63. The summed E-state index contributed by atoms with van der Waals surface area (Å²) in [6, 6.07) is 0. The fourth-order valence-corrected chi connectivity index (χ4v) is 0.479. The van der Waals surface area contributed by atoms with E-state index in [0.717, 1.165) is 10.8 Å². The quantitative estimate of drug-likeness (QED) is 0.548. The van der Waals surface area contributed by atoms with Gasteiger partial charge in [0.2, 0.25) is 0 Å². The number of hydrogen-bond acceptors (Lipinski definition) is 1. The molecule has 0 rings (SSSR count). The van der Waals surface area contributed by atoms with Crippen LogP contribution in [0.15, 0.2) is 10.8 Å². The Hall–Kier alpha value is -0.170. The van der Waals surface area contributed by atoms with Crippen LogP contribution < -0.4 is 0 Å². The highest BCUT2D eigenvalue weighted by atomic mass is 35.5. The number of hydrogen-bond donors (Lipinski definition) is 0. The van der Waals surface area contributed by atoms with Crippen LogP contribution >= 0.6 is 11.6 Å². The van der Waals surface area contributed by atoms with Gasteiger partial charge >= 0.3 is 0 Å². The molecule has 0 aliphatic heterocycles. The number of ether oxygens (including phenoxy) is 1. The van der Waals surface area contributed by atoms with Crippen LogP contribution in [-0.2, 0) is 4.74 Å². The Balaban J connectivity index is 3.77. The number of halogens is 1. The van der Waals surface area contributed by atoms with Crippen LogP contribution in [0.2, 0.25) is 0 Å². The van der Waals surface area contributed by atoms with Crippen molar-refractivity contribution < 1.29 is 4.74 Å². The van der Waals surface area contributed by atoms with Gasteiger partial charge in [0.15, 0.2) is 0 Å². The molecule has 0 radical (unpaired) electrons. The first-order chi connectivity index (χ1) is 4.04. The lowest BCUT2D eigenvalue weighted by Gasteiger charge is -2.09. The third kappa shape index (κ3) is 4.34. The van der Waals surface area contributed by atoms with Crippen molar-refractivity contribution in [2.24, 2.45) is 0 Å². The van der Waals surface area contributed by atoms with E-state index in [1.807, 2.05) is 27.7 Å². The lowest BCUT2D eigenvalue weighted by Crippen LogP contribution is -2.00. The van der Waals surface area contributed by atoms with Gasteiger partial charge in [-0.1, -0.05) is 11.6 Å². The molecule has 9 heavy (non-hydrogen) atoms. The summed E-state index contributed by atoms with van der Waals surface area (Å²) >= 11 is 5.63. The fraction of sp³-hybridized carbons (Fsp3) is 0.714. The van der Waals surface area contributed by atoms with Crippen LogP contribution in [0.4, 0.5) is 0 Å². The van der Waals surface area contributed by atoms with E-state index in [1.54, 1.807) is 0 Å². The lowest BCUT2D eigenvalue weighted by molar-refractivity contribution is 0.148. The molecule has 0 aliphatic carbocycles. The largest absolute Gasteiger partial charge is 0.494 e. The molecule has 0 unspecified atom stereocenters. The highest BCUT2D eigenvalue weighted by Crippen LogP contribution is 2.10. The van der Waals surface area contributed by atoms with Crippen molar-refractivity contribution in [1.82, 2.24) is 0 Å². The Labute approximate surface area is 61.7 Å². The van der Waals surface area contributed by atoms with Crippen LogP contribution in [0.25, 0.3) is 0 Å². The second-order valence-corrected chi connectivity index (χ2v) is 2.82. The summed E-state index contributed by atoms with van der Waals surface area (Å²) in [5.74, 6) is 0.812. The highest BCUT2D eigenvalue weighted by Gasteiger charge is 1.96. The molecular weight excluding hydrogens is 136 g/mol. The van der Waals surface area contributed by atoms with Crippen LogP contribution in [0.5, 0.6) is 0 Å². The molecular formula is C7H13ClO. The topological polar surface area (TPSA) is 9.23 Å². The Morgan fingerprint density at radius 1 is 1.33 bits per heavy atom. The van der Waals surface area contributed by atoms with E-state index in [-0.39, 0.29) is 6.10 Å². The smallest absolute Gasteiger partial charge is 0.107 e. The molecule has 0 bridgehead atoms. The third-order valence-electron chi connectivity index (χ3n) is 0.898. The predicted octanol–water partition coefficient (Wildman–Crippen LogP) is 2.90. The Morgan fingerprint density at radius 2 is 1.78 bits per heavy atom. The van der Waals surface area contributed by atoms with E-state index in [4.69, 9.17) is 16.3 Å². The Kier molecular flexibility index (Phi) is 3.71. The SMILES string of the molecule is CC(Cl)=C(C)OC(C)C. The number of rotatable bonds is 2. The average Bonchev–Trinajstić information content (AvgIpc) is 1.63. The van der Waals surface area contributed by atoms with Gasteiger partial charge in [0.05, 0.1) is 11.1 Å². The monoisotopic (exact) mass is 148 g/mol. The predicted molar refractivity (Wildman–Crippen MR) is 40.4 cm³/mol. The minimum absolute atomic E-state index is 0.221. The van der Waals surface area contributed by atoms with Gasteiger partial charge in [0.25, 0.3) is 0 Å². The van der Waals surface area contributed by atoms with Crippen LogP contribution in [0.3, 0.4) is 0 Å². The normalized spacial score (nSPS) is 13.6. The van der Waals surface area contributed by atoms with E-state index in [2.05, 4.69) is 0 Å². The minimum atomic E-state index is 0.221. The summed E-state index contributed by atoms with van der Waals surface area (Å²) in [6.07, 6.45) is 0.221. The van der Waals surface area contributed by atoms with Gasteiger partial charge in [-0.05, 0) is 27.7 Å². The first-order valence-corrected chi connectivity index (χ1v) is 3.41. The Morgan fingerprint density at radius 3 is 1.89 bits per heavy atom. The molecule has 0 aromatic heterocycles. The zero-order valence-corrected chi connectivity index (χ0v) is 7.12. The summed E-state index contributed by atoms with van der Waals surface area (Å²) in [6.45, 7) is 7.63. The summed E-state index contributed by atoms with van der Waals surface area (Å²) < 4.78 is 5.26. The van der Waals surface area contributed by atoms with Crippen molar-refractivity contribution in [3.63, 3.8) is 0 Å². The Bertz CT molecular complexity index is 112. The van der Waals surface area contributed by atoms with E-state index in [9.17, 15) is 0 Å². The van der Waals surface area contributed by atoms with E-state index in [0.29, 0.717) is 0 Å². The maximum Gasteiger partial charge on any atom is 0.107 e. The van der Waals surface area contributed by atoms with Crippen LogP contribution in [0, 0.1) is 0 Å². The first kappa shape index (κ1) is 8.83. The van der Waals surface area contributed by atoms with E-state index < -0.39 is 0 Å². The van der Waals surface area contributed by atoms with Crippen molar-refractivity contribution in [3.8, 4) is 0 Å². The highest BCUT2D eigenvalue weighted by molar-refractivity contribution is 6.29. The van der Waals surface area contributed by atoms with Gasteiger partial charge in [-0.3, -0.25) is 0 Å². The molecule has 54 valence electrons. The maximum absolute atomic E-state index is 5.63. The molecule has 0 heterocycles. The number of allylic oxidation sites excluding steroid dienone is 2. The van der Waals surface area contributed by atoms with E-state index in [1.165, 1.54) is 0 Å². The molecule has 0 aliphatic rings. The van der Waals surface area contributed by atoms with Gasteiger partial charge in [-0.15, -0.1) is 0 Å².